The van der Waals surface area contributed by atoms with E-state index in [0.717, 1.165) is 0 Å². The summed E-state index contributed by atoms with van der Waals surface area (Å²) in [5, 5.41) is 4.71. The van der Waals surface area contributed by atoms with Crippen LogP contribution < -0.4 is 9.46 Å². The van der Waals surface area contributed by atoms with Crippen molar-refractivity contribution in [3.8, 4) is 5.75 Å². The smallest absolute Gasteiger partial charge is 0.240 e. The second-order valence-corrected chi connectivity index (χ2v) is 8.61. The van der Waals surface area contributed by atoms with Crippen molar-refractivity contribution < 1.29 is 13.2 Å². The van der Waals surface area contributed by atoms with Gasteiger partial charge in [0.05, 0.1) is 24.2 Å². The molecule has 1 aromatic heterocycles. The van der Waals surface area contributed by atoms with Crippen LogP contribution >= 0.6 is 0 Å². The zero-order chi connectivity index (χ0) is 17.4. The van der Waals surface area contributed by atoms with Gasteiger partial charge in [0.15, 0.2) is 0 Å². The molecule has 0 bridgehead atoms. The van der Waals surface area contributed by atoms with Crippen LogP contribution in [0.1, 0.15) is 48.9 Å². The molecule has 2 saturated carbocycles. The maximum Gasteiger partial charge on any atom is 0.240 e. The van der Waals surface area contributed by atoms with Gasteiger partial charge >= 0.3 is 0 Å². The van der Waals surface area contributed by atoms with Gasteiger partial charge < -0.3 is 4.74 Å². The SMILES string of the molecule is COc1ccc(S(=O)(=O)NCCn2nc(C3CC3)cc2C2CC2)cc1. The van der Waals surface area contributed by atoms with Gasteiger partial charge in [0.2, 0.25) is 10.0 Å². The highest BCUT2D eigenvalue weighted by molar-refractivity contribution is 7.89. The van der Waals surface area contributed by atoms with Crippen molar-refractivity contribution in [2.24, 2.45) is 0 Å². The minimum absolute atomic E-state index is 0.245. The molecule has 1 aromatic carbocycles. The molecule has 1 N–H and O–H groups in total. The van der Waals surface area contributed by atoms with Crippen LogP contribution in [0.5, 0.6) is 5.75 Å². The summed E-state index contributed by atoms with van der Waals surface area (Å²) in [5.74, 6) is 1.87. The molecule has 0 spiro atoms. The van der Waals surface area contributed by atoms with Gasteiger partial charge in [-0.25, -0.2) is 13.1 Å². The Hall–Kier alpha value is -1.86. The molecule has 2 aliphatic rings. The summed E-state index contributed by atoms with van der Waals surface area (Å²) in [6.45, 7) is 0.897. The Bertz CT molecular complexity index is 850. The Morgan fingerprint density at radius 2 is 1.84 bits per heavy atom. The number of nitrogens with zero attached hydrogens (tertiary/aromatic N) is 2. The molecular weight excluding hydrogens is 338 g/mol. The Balaban J connectivity index is 1.41. The lowest BCUT2D eigenvalue weighted by atomic mass is 10.2. The second kappa shape index (κ2) is 6.46. The minimum Gasteiger partial charge on any atom is -0.497 e. The molecule has 0 radical (unpaired) electrons. The van der Waals surface area contributed by atoms with Crippen LogP contribution in [0, 0.1) is 0 Å². The average molecular weight is 361 g/mol. The van der Waals surface area contributed by atoms with E-state index in [1.807, 2.05) is 4.68 Å². The topological polar surface area (TPSA) is 73.2 Å². The molecule has 0 unspecified atom stereocenters. The maximum absolute atomic E-state index is 12.4. The molecule has 4 rings (SSSR count). The van der Waals surface area contributed by atoms with E-state index in [9.17, 15) is 8.42 Å². The molecule has 2 aromatic rings. The van der Waals surface area contributed by atoms with Crippen LogP contribution in [0.15, 0.2) is 35.2 Å². The second-order valence-electron chi connectivity index (χ2n) is 6.84. The molecule has 134 valence electrons. The van der Waals surface area contributed by atoms with Crippen LogP contribution in [-0.2, 0) is 16.6 Å². The van der Waals surface area contributed by atoms with Crippen LogP contribution in [-0.4, -0.2) is 31.9 Å². The number of sulfonamides is 1. The molecule has 0 saturated heterocycles. The van der Waals surface area contributed by atoms with Crippen molar-refractivity contribution in [3.05, 3.63) is 41.7 Å². The van der Waals surface area contributed by atoms with E-state index in [0.29, 0.717) is 30.7 Å². The van der Waals surface area contributed by atoms with Crippen LogP contribution in [0.2, 0.25) is 0 Å². The third kappa shape index (κ3) is 3.72. The third-order valence-corrected chi connectivity index (χ3v) is 6.28. The molecule has 6 nitrogen and oxygen atoms in total. The van der Waals surface area contributed by atoms with Crippen molar-refractivity contribution in [3.63, 3.8) is 0 Å². The molecule has 2 fully saturated rings. The van der Waals surface area contributed by atoms with Gasteiger partial charge in [-0.2, -0.15) is 5.10 Å². The summed E-state index contributed by atoms with van der Waals surface area (Å²) in [6, 6.07) is 8.63. The summed E-state index contributed by atoms with van der Waals surface area (Å²) in [4.78, 5) is 0.245. The lowest BCUT2D eigenvalue weighted by Gasteiger charge is -2.09. The fraction of sp³-hybridized carbons (Fsp3) is 0.500. The number of hydrogen-bond donors (Lipinski definition) is 1. The predicted molar refractivity (Wildman–Crippen MR) is 94.4 cm³/mol. The van der Waals surface area contributed by atoms with Gasteiger partial charge in [-0.3, -0.25) is 4.68 Å². The highest BCUT2D eigenvalue weighted by Gasteiger charge is 2.32. The summed E-state index contributed by atoms with van der Waals surface area (Å²) >= 11 is 0. The average Bonchev–Trinajstić information content (AvgIpc) is 3.53. The van der Waals surface area contributed by atoms with Gasteiger partial charge in [0.1, 0.15) is 5.75 Å². The largest absolute Gasteiger partial charge is 0.497 e. The van der Waals surface area contributed by atoms with Crippen LogP contribution in [0.4, 0.5) is 0 Å². The fourth-order valence-corrected chi connectivity index (χ4v) is 4.06. The molecule has 25 heavy (non-hydrogen) atoms. The number of hydrogen-bond acceptors (Lipinski definition) is 4. The fourth-order valence-electron chi connectivity index (χ4n) is 3.04. The summed E-state index contributed by atoms with van der Waals surface area (Å²) in [6.07, 6.45) is 4.89. The van der Waals surface area contributed by atoms with Gasteiger partial charge in [-0.15, -0.1) is 0 Å². The molecule has 0 aliphatic heterocycles. The number of nitrogens with one attached hydrogen (secondary N) is 1. The molecular formula is C18H23N3O3S. The highest BCUT2D eigenvalue weighted by atomic mass is 32.2. The first-order chi connectivity index (χ1) is 12.1. The van der Waals surface area contributed by atoms with Gasteiger partial charge in [0, 0.05) is 24.1 Å². The molecule has 7 heteroatoms. The van der Waals surface area contributed by atoms with E-state index in [2.05, 4.69) is 10.8 Å². The van der Waals surface area contributed by atoms with Crippen LogP contribution in [0.3, 0.4) is 0 Å². The zero-order valence-corrected chi connectivity index (χ0v) is 15.1. The van der Waals surface area contributed by atoms with Crippen molar-refractivity contribution in [1.29, 1.82) is 0 Å². The van der Waals surface area contributed by atoms with E-state index in [4.69, 9.17) is 9.84 Å². The standard InChI is InChI=1S/C18H23N3O3S/c1-24-15-6-8-16(9-7-15)25(22,23)19-10-11-21-18(14-4-5-14)12-17(20-21)13-2-3-13/h6-9,12-14,19H,2-5,10-11H2,1H3. The number of methoxy groups -OCH3 is 1. The minimum atomic E-state index is -3.52. The Labute approximate surface area is 148 Å². The quantitative estimate of drug-likeness (QED) is 0.784. The van der Waals surface area contributed by atoms with Gasteiger partial charge in [0.25, 0.3) is 0 Å². The number of rotatable bonds is 8. The first-order valence-electron chi connectivity index (χ1n) is 8.78. The van der Waals surface area contributed by atoms with E-state index >= 15 is 0 Å². The number of aromatic nitrogens is 2. The number of benzene rings is 1. The monoisotopic (exact) mass is 361 g/mol. The van der Waals surface area contributed by atoms with Crippen LogP contribution in [0.25, 0.3) is 0 Å². The first kappa shape index (κ1) is 16.6. The normalized spacial score (nSPS) is 17.6. The van der Waals surface area contributed by atoms with Crippen molar-refractivity contribution >= 4 is 10.0 Å². The summed E-state index contributed by atoms with van der Waals surface area (Å²) < 4.78 is 34.5. The predicted octanol–water partition coefficient (Wildman–Crippen LogP) is 2.62. The van der Waals surface area contributed by atoms with E-state index in [1.54, 1.807) is 31.4 Å². The Morgan fingerprint density at radius 3 is 2.44 bits per heavy atom. The van der Waals surface area contributed by atoms with E-state index in [1.165, 1.54) is 37.1 Å². The molecule has 1 heterocycles. The Kier molecular flexibility index (Phi) is 4.29. The molecule has 2 aliphatic carbocycles. The van der Waals surface area contributed by atoms with Crippen molar-refractivity contribution in [2.45, 2.75) is 49.0 Å². The van der Waals surface area contributed by atoms with Gasteiger partial charge in [-0.1, -0.05) is 0 Å². The molecule has 0 amide bonds. The van der Waals surface area contributed by atoms with Crippen molar-refractivity contribution in [2.75, 3.05) is 13.7 Å². The van der Waals surface area contributed by atoms with Gasteiger partial charge in [-0.05, 0) is 56.0 Å². The molecule has 0 atom stereocenters. The zero-order valence-electron chi connectivity index (χ0n) is 14.3. The summed E-state index contributed by atoms with van der Waals surface area (Å²) in [7, 11) is -1.96. The first-order valence-corrected chi connectivity index (χ1v) is 10.3. The lowest BCUT2D eigenvalue weighted by molar-refractivity contribution is 0.414. The van der Waals surface area contributed by atoms with E-state index in [-0.39, 0.29) is 4.90 Å². The number of ether oxygens (including phenoxy) is 1. The Morgan fingerprint density at radius 1 is 1.16 bits per heavy atom. The third-order valence-electron chi connectivity index (χ3n) is 4.81. The highest BCUT2D eigenvalue weighted by Crippen LogP contribution is 2.44. The maximum atomic E-state index is 12.4. The summed E-state index contributed by atoms with van der Waals surface area (Å²) in [5.41, 5.74) is 2.45. The van der Waals surface area contributed by atoms with Crippen molar-refractivity contribution in [1.82, 2.24) is 14.5 Å². The lowest BCUT2D eigenvalue weighted by Crippen LogP contribution is -2.28. The van der Waals surface area contributed by atoms with E-state index < -0.39 is 10.0 Å².